The van der Waals surface area contributed by atoms with Gasteiger partial charge < -0.3 is 15.5 Å². The summed E-state index contributed by atoms with van der Waals surface area (Å²) in [6.07, 6.45) is 0. The number of benzene rings is 3. The molecule has 0 aromatic heterocycles. The molecular formula is C21H15NO5. The van der Waals surface area contributed by atoms with Crippen LogP contribution in [0.1, 0.15) is 31.1 Å². The number of carbonyl (C=O) groups excluding carboxylic acids is 1. The van der Waals surface area contributed by atoms with E-state index in [0.717, 1.165) is 11.1 Å². The van der Waals surface area contributed by atoms with Gasteiger partial charge >= 0.3 is 11.9 Å². The lowest BCUT2D eigenvalue weighted by Gasteiger charge is -2.12. The molecule has 0 unspecified atom stereocenters. The lowest BCUT2D eigenvalue weighted by Crippen LogP contribution is -2.18. The highest BCUT2D eigenvalue weighted by atomic mass is 16.4. The van der Waals surface area contributed by atoms with Crippen LogP contribution in [0.5, 0.6) is 0 Å². The third-order valence-electron chi connectivity index (χ3n) is 4.00. The molecule has 0 spiro atoms. The van der Waals surface area contributed by atoms with E-state index >= 15 is 0 Å². The van der Waals surface area contributed by atoms with Crippen molar-refractivity contribution in [1.29, 1.82) is 0 Å². The molecule has 0 heterocycles. The van der Waals surface area contributed by atoms with Gasteiger partial charge in [0.05, 0.1) is 16.8 Å². The minimum atomic E-state index is -1.33. The molecular weight excluding hydrogens is 346 g/mol. The maximum atomic E-state index is 12.7. The zero-order valence-corrected chi connectivity index (χ0v) is 14.0. The molecule has 3 aromatic rings. The minimum Gasteiger partial charge on any atom is -0.478 e. The van der Waals surface area contributed by atoms with E-state index in [2.05, 4.69) is 5.32 Å². The second-order valence-corrected chi connectivity index (χ2v) is 5.74. The van der Waals surface area contributed by atoms with Gasteiger partial charge in [0.2, 0.25) is 0 Å². The predicted octanol–water partition coefficient (Wildman–Crippen LogP) is 4.00. The third-order valence-corrected chi connectivity index (χ3v) is 4.00. The summed E-state index contributed by atoms with van der Waals surface area (Å²) in [4.78, 5) is 35.5. The molecule has 0 radical (unpaired) electrons. The van der Waals surface area contributed by atoms with Crippen LogP contribution in [0.15, 0.2) is 72.8 Å². The fraction of sp³-hybridized carbons (Fsp3) is 0. The van der Waals surface area contributed by atoms with Gasteiger partial charge in [0.25, 0.3) is 5.91 Å². The number of nitrogens with one attached hydrogen (secondary N) is 1. The maximum absolute atomic E-state index is 12.7. The van der Waals surface area contributed by atoms with E-state index in [-0.39, 0.29) is 22.4 Å². The molecule has 0 saturated heterocycles. The summed E-state index contributed by atoms with van der Waals surface area (Å²) in [5, 5.41) is 21.0. The molecule has 27 heavy (non-hydrogen) atoms. The maximum Gasteiger partial charge on any atom is 0.337 e. The summed E-state index contributed by atoms with van der Waals surface area (Å²) in [5.41, 5.74) is 1.20. The topological polar surface area (TPSA) is 104 Å². The fourth-order valence-electron chi connectivity index (χ4n) is 2.70. The Kier molecular flexibility index (Phi) is 4.99. The first-order valence-electron chi connectivity index (χ1n) is 8.04. The zero-order chi connectivity index (χ0) is 19.4. The van der Waals surface area contributed by atoms with Crippen LogP contribution < -0.4 is 5.32 Å². The van der Waals surface area contributed by atoms with Gasteiger partial charge in [0.15, 0.2) is 0 Å². The number of amides is 1. The first-order chi connectivity index (χ1) is 13.0. The van der Waals surface area contributed by atoms with Crippen molar-refractivity contribution >= 4 is 23.5 Å². The van der Waals surface area contributed by atoms with Gasteiger partial charge in [-0.25, -0.2) is 9.59 Å². The SMILES string of the molecule is O=C(Nc1c(C(=O)O)cccc1C(=O)O)c1cccc(-c2ccccc2)c1. The Morgan fingerprint density at radius 3 is 1.81 bits per heavy atom. The van der Waals surface area contributed by atoms with E-state index in [1.807, 2.05) is 36.4 Å². The van der Waals surface area contributed by atoms with Crippen LogP contribution in [0.4, 0.5) is 5.69 Å². The summed E-state index contributed by atoms with van der Waals surface area (Å²) in [6, 6.07) is 20.0. The van der Waals surface area contributed by atoms with Crippen molar-refractivity contribution in [2.75, 3.05) is 5.32 Å². The highest BCUT2D eigenvalue weighted by molar-refractivity contribution is 6.12. The van der Waals surface area contributed by atoms with Crippen molar-refractivity contribution in [3.63, 3.8) is 0 Å². The van der Waals surface area contributed by atoms with E-state index in [1.165, 1.54) is 18.2 Å². The second-order valence-electron chi connectivity index (χ2n) is 5.74. The van der Waals surface area contributed by atoms with Gasteiger partial charge in [-0.05, 0) is 35.4 Å². The molecule has 134 valence electrons. The van der Waals surface area contributed by atoms with Crippen molar-refractivity contribution < 1.29 is 24.6 Å². The molecule has 0 aliphatic heterocycles. The molecule has 1 amide bonds. The first-order valence-corrected chi connectivity index (χ1v) is 8.04. The number of aromatic carboxylic acids is 2. The van der Waals surface area contributed by atoms with Crippen molar-refractivity contribution in [2.45, 2.75) is 0 Å². The Balaban J connectivity index is 1.97. The van der Waals surface area contributed by atoms with Crippen LogP contribution in [0.2, 0.25) is 0 Å². The van der Waals surface area contributed by atoms with Crippen LogP contribution in [-0.4, -0.2) is 28.1 Å². The highest BCUT2D eigenvalue weighted by Crippen LogP contribution is 2.24. The minimum absolute atomic E-state index is 0.243. The van der Waals surface area contributed by atoms with Crippen LogP contribution in [0, 0.1) is 0 Å². The molecule has 0 fully saturated rings. The number of para-hydroxylation sites is 1. The summed E-state index contributed by atoms with van der Waals surface area (Å²) in [7, 11) is 0. The quantitative estimate of drug-likeness (QED) is 0.637. The average Bonchev–Trinajstić information content (AvgIpc) is 2.68. The van der Waals surface area contributed by atoms with Crippen molar-refractivity contribution in [3.8, 4) is 11.1 Å². The Morgan fingerprint density at radius 1 is 0.667 bits per heavy atom. The van der Waals surface area contributed by atoms with E-state index in [0.29, 0.717) is 0 Å². The van der Waals surface area contributed by atoms with E-state index in [9.17, 15) is 24.6 Å². The van der Waals surface area contributed by atoms with Gasteiger partial charge in [-0.2, -0.15) is 0 Å². The molecule has 0 bridgehead atoms. The number of carbonyl (C=O) groups is 3. The fourth-order valence-corrected chi connectivity index (χ4v) is 2.70. The third kappa shape index (κ3) is 3.85. The Labute approximate surface area is 154 Å². The lowest BCUT2D eigenvalue weighted by molar-refractivity contribution is 0.0696. The number of carboxylic acids is 2. The summed E-state index contributed by atoms with van der Waals surface area (Å²) < 4.78 is 0. The average molecular weight is 361 g/mol. The molecule has 6 nitrogen and oxygen atoms in total. The molecule has 6 heteroatoms. The lowest BCUT2D eigenvalue weighted by atomic mass is 10.0. The van der Waals surface area contributed by atoms with E-state index in [4.69, 9.17) is 0 Å². The van der Waals surface area contributed by atoms with E-state index in [1.54, 1.807) is 18.2 Å². The second kappa shape index (κ2) is 7.53. The predicted molar refractivity (Wildman–Crippen MR) is 100 cm³/mol. The number of hydrogen-bond donors (Lipinski definition) is 3. The smallest absolute Gasteiger partial charge is 0.337 e. The van der Waals surface area contributed by atoms with Crippen LogP contribution in [-0.2, 0) is 0 Å². The molecule has 3 N–H and O–H groups in total. The normalized spacial score (nSPS) is 10.2. The number of rotatable bonds is 5. The van der Waals surface area contributed by atoms with Crippen molar-refractivity contribution in [2.24, 2.45) is 0 Å². The van der Waals surface area contributed by atoms with Crippen LogP contribution in [0.3, 0.4) is 0 Å². The molecule has 0 saturated carbocycles. The van der Waals surface area contributed by atoms with Crippen LogP contribution in [0.25, 0.3) is 11.1 Å². The van der Waals surface area contributed by atoms with Crippen molar-refractivity contribution in [3.05, 3.63) is 89.5 Å². The standard InChI is InChI=1S/C21H15NO5/c23-19(15-9-4-8-14(12-15)13-6-2-1-3-7-13)22-18-16(20(24)25)10-5-11-17(18)21(26)27/h1-12H,(H,22,23)(H,24,25)(H,26,27). The highest BCUT2D eigenvalue weighted by Gasteiger charge is 2.20. The van der Waals surface area contributed by atoms with Crippen LogP contribution >= 0.6 is 0 Å². The Hall–Kier alpha value is -3.93. The molecule has 0 aliphatic rings. The number of carboxylic acid groups (broad SMARTS) is 2. The summed E-state index contributed by atoms with van der Waals surface area (Å²) in [6.45, 7) is 0. The Morgan fingerprint density at radius 2 is 1.22 bits per heavy atom. The molecule has 0 atom stereocenters. The number of anilines is 1. The van der Waals surface area contributed by atoms with E-state index < -0.39 is 17.8 Å². The van der Waals surface area contributed by atoms with Crippen molar-refractivity contribution in [1.82, 2.24) is 0 Å². The zero-order valence-electron chi connectivity index (χ0n) is 14.0. The largest absolute Gasteiger partial charge is 0.478 e. The number of hydrogen-bond acceptors (Lipinski definition) is 3. The van der Waals surface area contributed by atoms with Gasteiger partial charge in [-0.15, -0.1) is 0 Å². The molecule has 3 rings (SSSR count). The van der Waals surface area contributed by atoms with Gasteiger partial charge in [-0.3, -0.25) is 4.79 Å². The monoisotopic (exact) mass is 361 g/mol. The first kappa shape index (κ1) is 17.9. The van der Waals surface area contributed by atoms with Gasteiger partial charge in [-0.1, -0.05) is 48.5 Å². The molecule has 0 aliphatic carbocycles. The summed E-state index contributed by atoms with van der Waals surface area (Å²) >= 11 is 0. The van der Waals surface area contributed by atoms with Gasteiger partial charge in [0, 0.05) is 5.56 Å². The van der Waals surface area contributed by atoms with Gasteiger partial charge in [0.1, 0.15) is 0 Å². The molecule has 3 aromatic carbocycles. The summed E-state index contributed by atoms with van der Waals surface area (Å²) in [5.74, 6) is -3.25. The Bertz CT molecular complexity index is 996.